The molecule has 0 radical (unpaired) electrons. The van der Waals surface area contributed by atoms with E-state index in [0.29, 0.717) is 12.7 Å². The van der Waals surface area contributed by atoms with Crippen molar-refractivity contribution in [2.24, 2.45) is 0 Å². The average molecular weight is 213 g/mol. The number of likely N-dealkylation sites (N-methyl/N-ethyl adjacent to an activating group) is 1. The van der Waals surface area contributed by atoms with Gasteiger partial charge in [0.25, 0.3) is 0 Å². The van der Waals surface area contributed by atoms with Gasteiger partial charge in [-0.15, -0.1) is 0 Å². The maximum Gasteiger partial charge on any atom is 0.323 e. The molecular weight excluding hydrogens is 194 g/mol. The Balaban J connectivity index is 1.88. The van der Waals surface area contributed by atoms with Crippen LogP contribution in [0.2, 0.25) is 0 Å². The van der Waals surface area contributed by atoms with E-state index in [4.69, 9.17) is 9.47 Å². The van der Waals surface area contributed by atoms with E-state index in [1.165, 1.54) is 0 Å². The van der Waals surface area contributed by atoms with Crippen LogP contribution in [0.4, 0.5) is 0 Å². The highest BCUT2D eigenvalue weighted by Crippen LogP contribution is 2.18. The second-order valence-electron chi connectivity index (χ2n) is 4.19. The van der Waals surface area contributed by atoms with Crippen molar-refractivity contribution >= 4 is 5.97 Å². The molecule has 0 spiro atoms. The Morgan fingerprint density at radius 3 is 2.80 bits per heavy atom. The summed E-state index contributed by atoms with van der Waals surface area (Å²) < 4.78 is 10.6. The van der Waals surface area contributed by atoms with Crippen molar-refractivity contribution in [3.05, 3.63) is 0 Å². The first-order valence-electron chi connectivity index (χ1n) is 5.83. The van der Waals surface area contributed by atoms with Crippen LogP contribution in [0.25, 0.3) is 0 Å². The van der Waals surface area contributed by atoms with Crippen molar-refractivity contribution < 1.29 is 14.3 Å². The maximum absolute atomic E-state index is 11.4. The third kappa shape index (κ3) is 2.49. The Morgan fingerprint density at radius 1 is 1.40 bits per heavy atom. The lowest BCUT2D eigenvalue weighted by molar-refractivity contribution is -0.142. The molecule has 0 N–H and O–H groups in total. The number of ether oxygens (including phenoxy) is 2. The maximum atomic E-state index is 11.4. The molecule has 0 aromatic carbocycles. The van der Waals surface area contributed by atoms with E-state index in [9.17, 15) is 4.79 Å². The molecule has 2 rings (SSSR count). The van der Waals surface area contributed by atoms with Gasteiger partial charge in [-0.1, -0.05) is 6.92 Å². The summed E-state index contributed by atoms with van der Waals surface area (Å²) in [5.41, 5.74) is 0. The van der Waals surface area contributed by atoms with Gasteiger partial charge in [0.2, 0.25) is 0 Å². The zero-order valence-corrected chi connectivity index (χ0v) is 9.28. The predicted octanol–water partition coefficient (Wildman–Crippen LogP) is 0.803. The van der Waals surface area contributed by atoms with Gasteiger partial charge in [0.15, 0.2) is 0 Å². The Hall–Kier alpha value is -0.610. The molecule has 4 nitrogen and oxygen atoms in total. The Morgan fingerprint density at radius 2 is 2.27 bits per heavy atom. The van der Waals surface area contributed by atoms with Crippen LogP contribution in [0, 0.1) is 0 Å². The molecule has 2 saturated heterocycles. The molecule has 4 heteroatoms. The van der Waals surface area contributed by atoms with E-state index >= 15 is 0 Å². The fourth-order valence-corrected chi connectivity index (χ4v) is 2.34. The fourth-order valence-electron chi connectivity index (χ4n) is 2.34. The molecule has 2 aliphatic rings. The molecule has 2 heterocycles. The third-order valence-electron chi connectivity index (χ3n) is 3.22. The monoisotopic (exact) mass is 213 g/mol. The summed E-state index contributed by atoms with van der Waals surface area (Å²) in [7, 11) is 0. The third-order valence-corrected chi connectivity index (χ3v) is 3.22. The molecule has 2 aliphatic heterocycles. The second kappa shape index (κ2) is 4.94. The first-order valence-corrected chi connectivity index (χ1v) is 5.83. The summed E-state index contributed by atoms with van der Waals surface area (Å²) in [4.78, 5) is 13.6. The standard InChI is InChI=1S/C11H19NO3/c1-2-12(8-9-4-3-6-14-9)10-5-7-15-11(10)13/h9-10H,2-8H2,1H3. The lowest BCUT2D eigenvalue weighted by Crippen LogP contribution is -2.42. The van der Waals surface area contributed by atoms with E-state index in [0.717, 1.165) is 39.0 Å². The number of rotatable bonds is 4. The minimum atomic E-state index is -0.0603. The zero-order valence-electron chi connectivity index (χ0n) is 9.28. The molecule has 0 aromatic rings. The topological polar surface area (TPSA) is 38.8 Å². The van der Waals surface area contributed by atoms with Crippen LogP contribution >= 0.6 is 0 Å². The Labute approximate surface area is 90.5 Å². The number of carbonyl (C=O) groups is 1. The van der Waals surface area contributed by atoms with E-state index < -0.39 is 0 Å². The lowest BCUT2D eigenvalue weighted by atomic mass is 10.1. The van der Waals surface area contributed by atoms with Gasteiger partial charge in [-0.05, 0) is 19.4 Å². The largest absolute Gasteiger partial charge is 0.464 e. The summed E-state index contributed by atoms with van der Waals surface area (Å²) in [6.07, 6.45) is 3.42. The number of esters is 1. The van der Waals surface area contributed by atoms with Crippen molar-refractivity contribution in [1.82, 2.24) is 4.90 Å². The van der Waals surface area contributed by atoms with E-state index in [1.54, 1.807) is 0 Å². The van der Waals surface area contributed by atoms with Gasteiger partial charge in [0.05, 0.1) is 12.7 Å². The summed E-state index contributed by atoms with van der Waals surface area (Å²) in [6.45, 7) is 5.29. The Kier molecular flexibility index (Phi) is 3.59. The van der Waals surface area contributed by atoms with Gasteiger partial charge in [-0.3, -0.25) is 9.69 Å². The first kappa shape index (κ1) is 10.9. The van der Waals surface area contributed by atoms with Crippen LogP contribution in [0.3, 0.4) is 0 Å². The second-order valence-corrected chi connectivity index (χ2v) is 4.19. The molecule has 0 bridgehead atoms. The van der Waals surface area contributed by atoms with E-state index in [1.807, 2.05) is 0 Å². The van der Waals surface area contributed by atoms with Gasteiger partial charge in [-0.2, -0.15) is 0 Å². The molecule has 2 fully saturated rings. The van der Waals surface area contributed by atoms with Crippen LogP contribution in [0.15, 0.2) is 0 Å². The molecule has 2 atom stereocenters. The van der Waals surface area contributed by atoms with Gasteiger partial charge in [-0.25, -0.2) is 0 Å². The summed E-state index contributed by atoms with van der Waals surface area (Å²) in [5.74, 6) is -0.0603. The molecule has 86 valence electrons. The van der Waals surface area contributed by atoms with Crippen molar-refractivity contribution in [3.63, 3.8) is 0 Å². The van der Waals surface area contributed by atoms with Crippen LogP contribution in [0.5, 0.6) is 0 Å². The van der Waals surface area contributed by atoms with Gasteiger partial charge in [0, 0.05) is 19.6 Å². The van der Waals surface area contributed by atoms with Crippen molar-refractivity contribution in [2.45, 2.75) is 38.3 Å². The summed E-state index contributed by atoms with van der Waals surface area (Å²) in [5, 5.41) is 0. The highest BCUT2D eigenvalue weighted by molar-refractivity contribution is 5.77. The van der Waals surface area contributed by atoms with Gasteiger partial charge in [0.1, 0.15) is 6.04 Å². The average Bonchev–Trinajstić information content (AvgIpc) is 2.85. The first-order chi connectivity index (χ1) is 7.31. The van der Waals surface area contributed by atoms with E-state index in [2.05, 4.69) is 11.8 Å². The molecule has 15 heavy (non-hydrogen) atoms. The van der Waals surface area contributed by atoms with E-state index in [-0.39, 0.29) is 12.0 Å². The normalized spacial score (nSPS) is 31.2. The lowest BCUT2D eigenvalue weighted by Gasteiger charge is -2.26. The van der Waals surface area contributed by atoms with Crippen LogP contribution in [-0.4, -0.2) is 49.3 Å². The summed E-state index contributed by atoms with van der Waals surface area (Å²) in [6, 6.07) is -0.0285. The minimum Gasteiger partial charge on any atom is -0.464 e. The number of cyclic esters (lactones) is 1. The van der Waals surface area contributed by atoms with Crippen molar-refractivity contribution in [1.29, 1.82) is 0 Å². The highest BCUT2D eigenvalue weighted by Gasteiger charge is 2.33. The minimum absolute atomic E-state index is 0.0285. The van der Waals surface area contributed by atoms with Crippen LogP contribution in [-0.2, 0) is 14.3 Å². The van der Waals surface area contributed by atoms with Crippen LogP contribution in [0.1, 0.15) is 26.2 Å². The quantitative estimate of drug-likeness (QED) is 0.648. The predicted molar refractivity (Wildman–Crippen MR) is 55.6 cm³/mol. The molecule has 0 aliphatic carbocycles. The number of hydrogen-bond acceptors (Lipinski definition) is 4. The number of nitrogens with zero attached hydrogens (tertiary/aromatic N) is 1. The SMILES string of the molecule is CCN(CC1CCCO1)C1CCOC1=O. The number of hydrogen-bond donors (Lipinski definition) is 0. The smallest absolute Gasteiger partial charge is 0.323 e. The summed E-state index contributed by atoms with van der Waals surface area (Å²) >= 11 is 0. The zero-order chi connectivity index (χ0) is 10.7. The molecular formula is C11H19NO3. The van der Waals surface area contributed by atoms with Crippen molar-refractivity contribution in [3.8, 4) is 0 Å². The molecule has 0 amide bonds. The molecule has 2 unspecified atom stereocenters. The highest BCUT2D eigenvalue weighted by atomic mass is 16.5. The number of carbonyl (C=O) groups excluding carboxylic acids is 1. The fraction of sp³-hybridized carbons (Fsp3) is 0.909. The Bertz CT molecular complexity index is 226. The van der Waals surface area contributed by atoms with Crippen molar-refractivity contribution in [2.75, 3.05) is 26.3 Å². The molecule has 0 saturated carbocycles. The van der Waals surface area contributed by atoms with Crippen LogP contribution < -0.4 is 0 Å². The van der Waals surface area contributed by atoms with Gasteiger partial charge < -0.3 is 9.47 Å². The van der Waals surface area contributed by atoms with Gasteiger partial charge >= 0.3 is 5.97 Å². The molecule has 0 aromatic heterocycles.